The van der Waals surface area contributed by atoms with Crippen LogP contribution in [0.3, 0.4) is 0 Å². The third kappa shape index (κ3) is 4.45. The van der Waals surface area contributed by atoms with Crippen molar-refractivity contribution >= 4 is 24.5 Å². The van der Waals surface area contributed by atoms with Gasteiger partial charge in [0.25, 0.3) is 5.91 Å². The van der Waals surface area contributed by atoms with Crippen LogP contribution >= 0.6 is 0 Å². The summed E-state index contributed by atoms with van der Waals surface area (Å²) in [4.78, 5) is 33.0. The third-order valence-corrected chi connectivity index (χ3v) is 7.69. The predicted molar refractivity (Wildman–Crippen MR) is 136 cm³/mol. The Balaban J connectivity index is 1.41. The summed E-state index contributed by atoms with van der Waals surface area (Å²) in [5, 5.41) is 0.910. The Bertz CT molecular complexity index is 1300. The molecule has 7 heteroatoms. The second-order valence-corrected chi connectivity index (χ2v) is 9.91. The topological polar surface area (TPSA) is 73.1 Å². The fourth-order valence-electron chi connectivity index (χ4n) is 5.55. The van der Waals surface area contributed by atoms with Gasteiger partial charge in [-0.2, -0.15) is 0 Å². The van der Waals surface area contributed by atoms with Gasteiger partial charge in [-0.3, -0.25) is 14.6 Å². The minimum Gasteiger partial charge on any atom is -0.474 e. The van der Waals surface area contributed by atoms with E-state index in [4.69, 9.17) is 9.47 Å². The molecule has 5 rings (SSSR count). The molecule has 1 amide bonds. The average molecular weight is 476 g/mol. The van der Waals surface area contributed by atoms with Crippen molar-refractivity contribution in [2.45, 2.75) is 45.3 Å². The van der Waals surface area contributed by atoms with Crippen molar-refractivity contribution < 1.29 is 14.3 Å². The highest BCUT2D eigenvalue weighted by atomic mass is 16.5. The van der Waals surface area contributed by atoms with Crippen molar-refractivity contribution in [1.82, 2.24) is 9.47 Å². The molecule has 3 heterocycles. The largest absolute Gasteiger partial charge is 0.474 e. The van der Waals surface area contributed by atoms with Crippen molar-refractivity contribution in [1.29, 1.82) is 0 Å². The van der Waals surface area contributed by atoms with Crippen molar-refractivity contribution in [2.24, 2.45) is 10.4 Å². The van der Waals surface area contributed by atoms with E-state index in [-0.39, 0.29) is 28.4 Å². The van der Waals surface area contributed by atoms with Crippen LogP contribution < -0.4 is 16.0 Å². The van der Waals surface area contributed by atoms with Crippen LogP contribution in [0.5, 0.6) is 0 Å². The Morgan fingerprint density at radius 2 is 1.89 bits per heavy atom. The number of benzene rings is 1. The second kappa shape index (κ2) is 9.46. The van der Waals surface area contributed by atoms with Crippen molar-refractivity contribution in [3.05, 3.63) is 67.9 Å². The number of hydrogen-bond donors (Lipinski definition) is 0. The van der Waals surface area contributed by atoms with E-state index in [1.165, 1.54) is 11.1 Å². The number of pyridine rings is 1. The molecule has 0 bridgehead atoms. The number of aliphatic imine (C=N–C) groups is 1. The van der Waals surface area contributed by atoms with Gasteiger partial charge in [-0.05, 0) is 30.9 Å². The van der Waals surface area contributed by atoms with Crippen LogP contribution in [-0.4, -0.2) is 60.7 Å². The number of carbonyl (C=O) groups is 1. The number of rotatable bonds is 4. The number of fused-ring (bicyclic) bond motifs is 1. The fraction of sp³-hybridized carbons (Fsp3) is 0.464. The van der Waals surface area contributed by atoms with Crippen LogP contribution in [0.4, 0.5) is 0 Å². The van der Waals surface area contributed by atoms with Gasteiger partial charge in [-0.15, -0.1) is 0 Å². The van der Waals surface area contributed by atoms with Crippen LogP contribution in [0, 0.1) is 5.41 Å². The molecule has 1 spiro atoms. The summed E-state index contributed by atoms with van der Waals surface area (Å²) >= 11 is 0. The lowest BCUT2D eigenvalue weighted by Gasteiger charge is -2.52. The van der Waals surface area contributed by atoms with Gasteiger partial charge in [0.2, 0.25) is 11.3 Å². The first-order chi connectivity index (χ1) is 16.9. The van der Waals surface area contributed by atoms with E-state index in [0.717, 1.165) is 38.9 Å². The number of nitrogens with zero attached hydrogens (tertiary/aromatic N) is 3. The molecule has 1 aromatic carbocycles. The summed E-state index contributed by atoms with van der Waals surface area (Å²) in [6.07, 6.45) is 6.80. The zero-order chi connectivity index (χ0) is 24.6. The van der Waals surface area contributed by atoms with Crippen LogP contribution in [0.25, 0.3) is 12.7 Å². The van der Waals surface area contributed by atoms with E-state index in [1.807, 2.05) is 23.6 Å². The number of aryl methyl sites for hydroxylation is 1. The number of hydrogen-bond acceptors (Lipinski definition) is 5. The number of amides is 1. The number of aromatic nitrogens is 1. The van der Waals surface area contributed by atoms with Crippen LogP contribution in [0.2, 0.25) is 0 Å². The molecule has 2 saturated heterocycles. The molecule has 2 aliphatic heterocycles. The van der Waals surface area contributed by atoms with Crippen molar-refractivity contribution in [3.63, 3.8) is 0 Å². The summed E-state index contributed by atoms with van der Waals surface area (Å²) in [6, 6.07) is 8.31. The Hall–Kier alpha value is -3.19. The lowest BCUT2D eigenvalue weighted by molar-refractivity contribution is -0.0667. The Morgan fingerprint density at radius 1 is 1.23 bits per heavy atom. The molecule has 0 saturated carbocycles. The van der Waals surface area contributed by atoms with Crippen molar-refractivity contribution in [3.8, 4) is 0 Å². The summed E-state index contributed by atoms with van der Waals surface area (Å²) in [7, 11) is 1.65. The number of carbonyl (C=O) groups excluding carboxylic acids is 1. The molecule has 0 atom stereocenters. The van der Waals surface area contributed by atoms with Gasteiger partial charge in [0.1, 0.15) is 11.7 Å². The first-order valence-corrected chi connectivity index (χ1v) is 12.4. The second-order valence-electron chi connectivity index (χ2n) is 9.91. The zero-order valence-electron chi connectivity index (χ0n) is 20.6. The van der Waals surface area contributed by atoms with Gasteiger partial charge in [0, 0.05) is 75.8 Å². The smallest absolute Gasteiger partial charge is 0.259 e. The number of likely N-dealkylation sites (tertiary alicyclic amines) is 1. The maximum absolute atomic E-state index is 13.5. The van der Waals surface area contributed by atoms with Gasteiger partial charge in [0.15, 0.2) is 0 Å². The first-order valence-electron chi connectivity index (χ1n) is 12.4. The Labute approximate surface area is 205 Å². The molecule has 35 heavy (non-hydrogen) atoms. The molecule has 2 aromatic rings. The van der Waals surface area contributed by atoms with Gasteiger partial charge in [-0.1, -0.05) is 30.8 Å². The molecule has 184 valence electrons. The molecule has 2 fully saturated rings. The van der Waals surface area contributed by atoms with E-state index >= 15 is 0 Å². The van der Waals surface area contributed by atoms with E-state index in [2.05, 4.69) is 23.7 Å². The molecule has 0 unspecified atom stereocenters. The van der Waals surface area contributed by atoms with Crippen LogP contribution in [-0.2, 0) is 28.9 Å². The number of ether oxygens (including phenoxy) is 2. The summed E-state index contributed by atoms with van der Waals surface area (Å²) in [6.45, 7) is 9.54. The van der Waals surface area contributed by atoms with Gasteiger partial charge in [-0.25, -0.2) is 0 Å². The molecule has 1 aromatic heterocycles. The molecule has 3 aliphatic rings. The zero-order valence-corrected chi connectivity index (χ0v) is 20.6. The van der Waals surface area contributed by atoms with E-state index < -0.39 is 0 Å². The summed E-state index contributed by atoms with van der Waals surface area (Å²) in [5.74, 6) is 0.160. The maximum atomic E-state index is 13.5. The minimum atomic E-state index is -0.322. The van der Waals surface area contributed by atoms with E-state index in [1.54, 1.807) is 24.2 Å². The van der Waals surface area contributed by atoms with Gasteiger partial charge < -0.3 is 18.9 Å². The summed E-state index contributed by atoms with van der Waals surface area (Å²) in [5.41, 5.74) is 2.56. The lowest BCUT2D eigenvalue weighted by atomic mass is 9.73. The molecule has 0 radical (unpaired) electrons. The minimum absolute atomic E-state index is 0.0365. The molecule has 0 N–H and O–H groups in total. The standard InChI is InChI=1S/C28H33N3O4/c1-4-30-16-24(27(33)31-17-28(18-31)9-11-34-12-10-28)26(32)23(19(30)2)15-25(29-3)35-22-13-20-7-5-6-8-21(20)14-22/h5-8,15-16,22H,2,4,9-14,17-18H2,1,3H3/b23-15+,29-25+. The third-order valence-electron chi connectivity index (χ3n) is 7.69. The normalized spacial score (nSPS) is 20.1. The average Bonchev–Trinajstić information content (AvgIpc) is 3.27. The Kier molecular flexibility index (Phi) is 6.36. The highest BCUT2D eigenvalue weighted by Gasteiger charge is 2.46. The first kappa shape index (κ1) is 23.5. The highest BCUT2D eigenvalue weighted by Crippen LogP contribution is 2.40. The van der Waals surface area contributed by atoms with E-state index in [0.29, 0.717) is 36.1 Å². The van der Waals surface area contributed by atoms with Crippen LogP contribution in [0.1, 0.15) is 41.3 Å². The molecular weight excluding hydrogens is 442 g/mol. The Morgan fingerprint density at radius 3 is 2.49 bits per heavy atom. The predicted octanol–water partition coefficient (Wildman–Crippen LogP) is 1.52. The lowest BCUT2D eigenvalue weighted by Crippen LogP contribution is -2.61. The van der Waals surface area contributed by atoms with Crippen LogP contribution in [0.15, 0.2) is 40.2 Å². The fourth-order valence-corrected chi connectivity index (χ4v) is 5.55. The maximum Gasteiger partial charge on any atom is 0.259 e. The quantitative estimate of drug-likeness (QED) is 0.497. The monoisotopic (exact) mass is 475 g/mol. The highest BCUT2D eigenvalue weighted by molar-refractivity contribution is 6.04. The van der Waals surface area contributed by atoms with Gasteiger partial charge in [0.05, 0.1) is 5.22 Å². The molecule has 7 nitrogen and oxygen atoms in total. The van der Waals surface area contributed by atoms with Crippen molar-refractivity contribution in [2.75, 3.05) is 33.4 Å². The SMILES string of the molecule is C=c1/c(=C\C(=N/C)OC2Cc3ccccc3C2)c(=O)c(C(=O)N2CC3(CCOCC3)C2)cn1CC. The van der Waals surface area contributed by atoms with E-state index in [9.17, 15) is 9.59 Å². The molecule has 1 aliphatic carbocycles. The molecular formula is C28H33N3O4. The van der Waals surface area contributed by atoms with Gasteiger partial charge >= 0.3 is 0 Å². The summed E-state index contributed by atoms with van der Waals surface area (Å²) < 4.78 is 13.5.